The Morgan fingerprint density at radius 2 is 2.10 bits per heavy atom. The minimum Gasteiger partial charge on any atom is -0.492 e. The monoisotopic (exact) mass is 435 g/mol. The molecule has 1 N–H and O–H groups in total. The average Bonchev–Trinajstić information content (AvgIpc) is 3.32. The van der Waals surface area contributed by atoms with Gasteiger partial charge >= 0.3 is 6.09 Å². The second kappa shape index (κ2) is 8.03. The summed E-state index contributed by atoms with van der Waals surface area (Å²) in [5.74, 6) is 0.557. The summed E-state index contributed by atoms with van der Waals surface area (Å²) in [5, 5.41) is 3.68. The van der Waals surface area contributed by atoms with Crippen LogP contribution < -0.4 is 15.0 Å². The summed E-state index contributed by atoms with van der Waals surface area (Å²) in [4.78, 5) is 31.2. The zero-order chi connectivity index (χ0) is 21.4. The van der Waals surface area contributed by atoms with Crippen LogP contribution in [0.5, 0.6) is 5.75 Å². The molecule has 158 valence electrons. The Morgan fingerprint density at radius 3 is 2.90 bits per heavy atom. The lowest BCUT2D eigenvalue weighted by atomic mass is 10.1. The summed E-state index contributed by atoms with van der Waals surface area (Å²) in [6.45, 7) is 2.66. The maximum Gasteiger partial charge on any atom is 0.414 e. The third-order valence-corrected chi connectivity index (χ3v) is 6.45. The minimum atomic E-state index is -0.426. The topological polar surface area (TPSA) is 80.8 Å². The lowest BCUT2D eigenvalue weighted by Crippen LogP contribution is -2.33. The number of carbonyl (C=O) groups excluding carboxylic acids is 2. The van der Waals surface area contributed by atoms with Crippen molar-refractivity contribution < 1.29 is 19.1 Å². The molecular weight excluding hydrogens is 414 g/mol. The van der Waals surface area contributed by atoms with E-state index >= 15 is 0 Å². The maximum absolute atomic E-state index is 12.4. The van der Waals surface area contributed by atoms with Crippen molar-refractivity contribution in [3.63, 3.8) is 0 Å². The van der Waals surface area contributed by atoms with E-state index in [0.29, 0.717) is 31.1 Å². The minimum absolute atomic E-state index is 0.151. The summed E-state index contributed by atoms with van der Waals surface area (Å²) in [6, 6.07) is 15.9. The summed E-state index contributed by atoms with van der Waals surface area (Å²) in [7, 11) is 0. The Labute approximate surface area is 183 Å². The van der Waals surface area contributed by atoms with Gasteiger partial charge in [-0.05, 0) is 12.1 Å². The number of carbonyl (C=O) groups is 2. The van der Waals surface area contributed by atoms with Crippen molar-refractivity contribution in [1.82, 2.24) is 10.3 Å². The molecule has 1 atom stereocenters. The number of thiazole rings is 1. The van der Waals surface area contributed by atoms with Crippen LogP contribution >= 0.6 is 11.3 Å². The number of ether oxygens (including phenoxy) is 2. The summed E-state index contributed by atoms with van der Waals surface area (Å²) in [5.41, 5.74) is 3.67. The zero-order valence-corrected chi connectivity index (χ0v) is 17.8. The number of nitrogens with one attached hydrogen (secondary N) is 1. The zero-order valence-electron chi connectivity index (χ0n) is 17.0. The molecule has 8 heteroatoms. The first kappa shape index (κ1) is 19.6. The van der Waals surface area contributed by atoms with Crippen LogP contribution in [0.4, 0.5) is 10.5 Å². The van der Waals surface area contributed by atoms with Gasteiger partial charge in [-0.25, -0.2) is 9.78 Å². The van der Waals surface area contributed by atoms with Gasteiger partial charge in [-0.1, -0.05) is 30.3 Å². The lowest BCUT2D eigenvalue weighted by Gasteiger charge is -2.16. The molecule has 7 nitrogen and oxygen atoms in total. The van der Waals surface area contributed by atoms with Gasteiger partial charge in [0.2, 0.25) is 5.91 Å². The van der Waals surface area contributed by atoms with Crippen LogP contribution in [0, 0.1) is 0 Å². The number of anilines is 1. The molecule has 0 spiro atoms. The largest absolute Gasteiger partial charge is 0.492 e. The smallest absolute Gasteiger partial charge is 0.414 e. The van der Waals surface area contributed by atoms with Gasteiger partial charge in [-0.15, -0.1) is 11.3 Å². The fraction of sp³-hybridized carbons (Fsp3) is 0.261. The average molecular weight is 436 g/mol. The van der Waals surface area contributed by atoms with E-state index in [1.165, 1.54) is 11.8 Å². The first-order chi connectivity index (χ1) is 15.1. The molecule has 0 unspecified atom stereocenters. The van der Waals surface area contributed by atoms with E-state index in [-0.39, 0.29) is 12.0 Å². The van der Waals surface area contributed by atoms with Crippen molar-refractivity contribution in [2.75, 3.05) is 24.6 Å². The number of aromatic nitrogens is 1. The predicted molar refractivity (Wildman–Crippen MR) is 118 cm³/mol. The Morgan fingerprint density at radius 1 is 1.26 bits per heavy atom. The van der Waals surface area contributed by atoms with E-state index < -0.39 is 6.09 Å². The molecule has 0 saturated carbocycles. The number of benzene rings is 2. The van der Waals surface area contributed by atoms with Gasteiger partial charge in [0, 0.05) is 35.4 Å². The quantitative estimate of drug-likeness (QED) is 0.673. The van der Waals surface area contributed by atoms with Crippen LogP contribution in [0.1, 0.15) is 11.8 Å². The highest BCUT2D eigenvalue weighted by Gasteiger charge is 2.33. The normalized spacial score (nSPS) is 17.3. The number of cyclic esters (lactones) is 1. The Hall–Kier alpha value is -3.39. The van der Waals surface area contributed by atoms with E-state index in [2.05, 4.69) is 17.4 Å². The van der Waals surface area contributed by atoms with Gasteiger partial charge in [0.1, 0.15) is 16.9 Å². The first-order valence-electron chi connectivity index (χ1n) is 10.1. The van der Waals surface area contributed by atoms with Crippen molar-refractivity contribution in [3.8, 4) is 27.6 Å². The third-order valence-electron chi connectivity index (χ3n) is 5.29. The first-order valence-corrected chi connectivity index (χ1v) is 10.9. The molecule has 1 fully saturated rings. The fourth-order valence-corrected chi connectivity index (χ4v) is 4.84. The molecule has 5 rings (SSSR count). The molecule has 0 bridgehead atoms. The van der Waals surface area contributed by atoms with Crippen LogP contribution in [0.2, 0.25) is 0 Å². The van der Waals surface area contributed by atoms with Gasteiger partial charge in [-0.3, -0.25) is 9.69 Å². The van der Waals surface area contributed by atoms with Gasteiger partial charge in [-0.2, -0.15) is 0 Å². The predicted octanol–water partition coefficient (Wildman–Crippen LogP) is 3.87. The number of rotatable bonds is 4. The van der Waals surface area contributed by atoms with Crippen LogP contribution in [-0.2, 0) is 16.0 Å². The molecule has 1 saturated heterocycles. The molecule has 0 radical (unpaired) electrons. The summed E-state index contributed by atoms with van der Waals surface area (Å²) < 4.78 is 11.4. The molecule has 3 aromatic rings. The van der Waals surface area contributed by atoms with Crippen LogP contribution in [-0.4, -0.2) is 42.8 Å². The SMILES string of the molecule is CC(=O)NC[C@H]1CN(c2ccc3c(c2)OCCc2sc(-c4ccccc4)nc2-3)C(=O)O1. The standard InChI is InChI=1S/C23H21N3O4S/c1-14(27)24-12-17-13-26(23(28)30-17)16-7-8-18-19(11-16)29-10-9-20-21(18)25-22(31-20)15-5-3-2-4-6-15/h2-8,11,17H,9-10,12-13H2,1H3,(H,24,27)/t17-/m0/s1. The summed E-state index contributed by atoms with van der Waals surface area (Å²) >= 11 is 1.69. The van der Waals surface area contributed by atoms with Crippen LogP contribution in [0.25, 0.3) is 21.8 Å². The van der Waals surface area contributed by atoms with E-state index in [4.69, 9.17) is 14.5 Å². The Bertz CT molecular complexity index is 1140. The molecule has 2 aromatic carbocycles. The van der Waals surface area contributed by atoms with Crippen LogP contribution in [0.3, 0.4) is 0 Å². The van der Waals surface area contributed by atoms with Crippen molar-refractivity contribution >= 4 is 29.0 Å². The van der Waals surface area contributed by atoms with Crippen molar-refractivity contribution in [2.45, 2.75) is 19.4 Å². The Balaban J connectivity index is 1.43. The molecule has 0 aliphatic carbocycles. The molecule has 1 aromatic heterocycles. The number of nitrogens with zero attached hydrogens (tertiary/aromatic N) is 2. The van der Waals surface area contributed by atoms with Gasteiger partial charge in [0.15, 0.2) is 0 Å². The highest BCUT2D eigenvalue weighted by Crippen LogP contribution is 2.42. The molecule has 2 aliphatic rings. The van der Waals surface area contributed by atoms with E-state index in [9.17, 15) is 9.59 Å². The fourth-order valence-electron chi connectivity index (χ4n) is 3.78. The lowest BCUT2D eigenvalue weighted by molar-refractivity contribution is -0.119. The highest BCUT2D eigenvalue weighted by atomic mass is 32.1. The van der Waals surface area contributed by atoms with Crippen molar-refractivity contribution in [1.29, 1.82) is 0 Å². The number of hydrogen-bond acceptors (Lipinski definition) is 6. The van der Waals surface area contributed by atoms with Crippen LogP contribution in [0.15, 0.2) is 48.5 Å². The Kier molecular flexibility index (Phi) is 5.07. The van der Waals surface area contributed by atoms with Crippen molar-refractivity contribution in [2.24, 2.45) is 0 Å². The molecule has 2 amide bonds. The summed E-state index contributed by atoms with van der Waals surface area (Å²) in [6.07, 6.45) is -0.0201. The van der Waals surface area contributed by atoms with Gasteiger partial charge < -0.3 is 14.8 Å². The molecular formula is C23H21N3O4S. The maximum atomic E-state index is 12.4. The van der Waals surface area contributed by atoms with Gasteiger partial charge in [0.25, 0.3) is 0 Å². The number of fused-ring (bicyclic) bond motifs is 3. The van der Waals surface area contributed by atoms with E-state index in [1.807, 2.05) is 36.4 Å². The molecule has 2 aliphatic heterocycles. The number of amides is 2. The van der Waals surface area contributed by atoms with E-state index in [1.54, 1.807) is 16.2 Å². The number of hydrogen-bond donors (Lipinski definition) is 1. The van der Waals surface area contributed by atoms with Gasteiger partial charge in [0.05, 0.1) is 31.1 Å². The second-order valence-electron chi connectivity index (χ2n) is 7.49. The highest BCUT2D eigenvalue weighted by molar-refractivity contribution is 7.15. The molecule has 3 heterocycles. The molecule has 31 heavy (non-hydrogen) atoms. The third kappa shape index (κ3) is 3.86. The van der Waals surface area contributed by atoms with E-state index in [0.717, 1.165) is 28.2 Å². The second-order valence-corrected chi connectivity index (χ2v) is 8.57. The van der Waals surface area contributed by atoms with Crippen molar-refractivity contribution in [3.05, 3.63) is 53.4 Å².